The fourth-order valence-corrected chi connectivity index (χ4v) is 0.700. The van der Waals surface area contributed by atoms with Crippen molar-refractivity contribution in [2.24, 2.45) is 0 Å². The summed E-state index contributed by atoms with van der Waals surface area (Å²) in [5, 5.41) is 0. The van der Waals surface area contributed by atoms with Crippen molar-refractivity contribution in [3.63, 3.8) is 0 Å². The number of hydrogen-bond acceptors (Lipinski definition) is 5. The van der Waals surface area contributed by atoms with Crippen LogP contribution in [0, 0.1) is 0 Å². The topological polar surface area (TPSA) is 67.8 Å². The first kappa shape index (κ1) is 12.0. The number of methoxy groups -OCH3 is 1. The Morgan fingerprint density at radius 1 is 1.25 bits per heavy atom. The quantitative estimate of drug-likeness (QED) is 0.298. The van der Waals surface area contributed by atoms with Gasteiger partial charge in [-0.25, -0.2) is 0 Å². The maximum absolute atomic E-state index is 9.99. The average molecular weight is 197 g/mol. The van der Waals surface area contributed by atoms with E-state index < -0.39 is 11.1 Å². The second-order valence-electron chi connectivity index (χ2n) is 1.94. The molecule has 12 heavy (non-hydrogen) atoms. The maximum atomic E-state index is 9.99. The smallest absolute Gasteiger partial charge is 0.146 e. The highest BCUT2D eigenvalue weighted by Crippen LogP contribution is 1.81. The van der Waals surface area contributed by atoms with Crippen LogP contribution in [0.15, 0.2) is 0 Å². The zero-order chi connectivity index (χ0) is 9.23. The first-order valence-corrected chi connectivity index (χ1v) is 4.72. The van der Waals surface area contributed by atoms with Gasteiger partial charge < -0.3 is 18.8 Å². The number of hydrogen-bond donors (Lipinski definition) is 0. The highest BCUT2D eigenvalue weighted by molar-refractivity contribution is 7.79. The summed E-state index contributed by atoms with van der Waals surface area (Å²) in [7, 11) is 1.57. The van der Waals surface area contributed by atoms with Gasteiger partial charge in [-0.15, -0.1) is 0 Å². The second kappa shape index (κ2) is 9.08. The van der Waals surface area contributed by atoms with E-state index in [-0.39, 0.29) is 19.2 Å². The molecule has 5 nitrogen and oxygen atoms in total. The molecule has 0 radical (unpaired) electrons. The van der Waals surface area contributed by atoms with Crippen LogP contribution in [0.2, 0.25) is 0 Å². The van der Waals surface area contributed by atoms with Gasteiger partial charge in [-0.3, -0.25) is 4.21 Å². The standard InChI is InChI=1S/C6H14O5S/c1-9-2-3-10-6-11-4-5-12(7)8/h2-6H2,1H3,(H,7,8)/p-1. The van der Waals surface area contributed by atoms with Gasteiger partial charge in [0, 0.05) is 12.9 Å². The summed E-state index contributed by atoms with van der Waals surface area (Å²) in [5.41, 5.74) is 0. The Hall–Kier alpha value is -0.0100. The van der Waals surface area contributed by atoms with Crippen molar-refractivity contribution in [2.45, 2.75) is 0 Å². The molecule has 0 amide bonds. The zero-order valence-corrected chi connectivity index (χ0v) is 7.80. The van der Waals surface area contributed by atoms with Crippen LogP contribution < -0.4 is 0 Å². The van der Waals surface area contributed by atoms with Gasteiger partial charge >= 0.3 is 0 Å². The lowest BCUT2D eigenvalue weighted by molar-refractivity contribution is -0.0612. The predicted octanol–water partition coefficient (Wildman–Crippen LogP) is -0.497. The monoisotopic (exact) mass is 197 g/mol. The summed E-state index contributed by atoms with van der Waals surface area (Å²) in [6.07, 6.45) is 0. The first-order valence-electron chi connectivity index (χ1n) is 3.47. The molecule has 0 aliphatic heterocycles. The summed E-state index contributed by atoms with van der Waals surface area (Å²) in [6, 6.07) is 0. The van der Waals surface area contributed by atoms with E-state index in [1.165, 1.54) is 0 Å². The summed E-state index contributed by atoms with van der Waals surface area (Å²) in [4.78, 5) is 0. The normalized spacial score (nSPS) is 13.2. The molecule has 0 saturated heterocycles. The Balaban J connectivity index is 2.86. The van der Waals surface area contributed by atoms with Crippen molar-refractivity contribution >= 4 is 11.1 Å². The largest absolute Gasteiger partial charge is 0.772 e. The fraction of sp³-hybridized carbons (Fsp3) is 1.00. The number of rotatable bonds is 8. The van der Waals surface area contributed by atoms with E-state index >= 15 is 0 Å². The van der Waals surface area contributed by atoms with Gasteiger partial charge in [0.15, 0.2) is 0 Å². The van der Waals surface area contributed by atoms with E-state index in [4.69, 9.17) is 14.2 Å². The summed E-state index contributed by atoms with van der Waals surface area (Å²) < 4.78 is 34.4. The molecule has 0 aliphatic carbocycles. The van der Waals surface area contributed by atoms with Crippen molar-refractivity contribution in [3.05, 3.63) is 0 Å². The van der Waals surface area contributed by atoms with Crippen molar-refractivity contribution in [1.29, 1.82) is 0 Å². The van der Waals surface area contributed by atoms with Gasteiger partial charge in [-0.1, -0.05) is 11.1 Å². The third-order valence-corrected chi connectivity index (χ3v) is 1.49. The van der Waals surface area contributed by atoms with Crippen LogP contribution in [-0.2, 0) is 25.3 Å². The molecule has 0 saturated carbocycles. The van der Waals surface area contributed by atoms with Gasteiger partial charge in [-0.05, 0) is 0 Å². The maximum Gasteiger partial charge on any atom is 0.146 e. The SMILES string of the molecule is COCCOCOCCS(=O)[O-]. The molecule has 6 heteroatoms. The van der Waals surface area contributed by atoms with E-state index in [9.17, 15) is 8.76 Å². The van der Waals surface area contributed by atoms with Gasteiger partial charge in [0.25, 0.3) is 0 Å². The Kier molecular flexibility index (Phi) is 9.07. The third-order valence-electron chi connectivity index (χ3n) is 0.993. The zero-order valence-electron chi connectivity index (χ0n) is 6.99. The minimum atomic E-state index is -2.03. The van der Waals surface area contributed by atoms with Crippen LogP contribution in [-0.4, -0.2) is 48.2 Å². The Morgan fingerprint density at radius 3 is 2.50 bits per heavy atom. The Labute approximate surface area is 74.3 Å². The molecule has 0 aromatic carbocycles. The Morgan fingerprint density at radius 2 is 1.92 bits per heavy atom. The molecule has 0 rings (SSSR count). The predicted molar refractivity (Wildman–Crippen MR) is 42.4 cm³/mol. The van der Waals surface area contributed by atoms with Crippen LogP contribution in [0.3, 0.4) is 0 Å². The van der Waals surface area contributed by atoms with Crippen molar-refractivity contribution in [3.8, 4) is 0 Å². The molecule has 0 bridgehead atoms. The lowest BCUT2D eigenvalue weighted by Crippen LogP contribution is -2.10. The molecule has 0 aromatic heterocycles. The van der Waals surface area contributed by atoms with Crippen LogP contribution in [0.25, 0.3) is 0 Å². The number of ether oxygens (including phenoxy) is 3. The Bertz CT molecular complexity index is 119. The summed E-state index contributed by atoms with van der Waals surface area (Å²) >= 11 is -2.03. The first-order chi connectivity index (χ1) is 5.77. The lowest BCUT2D eigenvalue weighted by Gasteiger charge is -2.06. The molecule has 0 aliphatic rings. The highest BCUT2D eigenvalue weighted by Gasteiger charge is 1.88. The third kappa shape index (κ3) is 9.99. The van der Waals surface area contributed by atoms with Crippen LogP contribution in [0.1, 0.15) is 0 Å². The molecular weight excluding hydrogens is 184 g/mol. The lowest BCUT2D eigenvalue weighted by atomic mass is 10.8. The summed E-state index contributed by atoms with van der Waals surface area (Å²) in [5.74, 6) is 0.00758. The minimum absolute atomic E-state index is 0.00758. The van der Waals surface area contributed by atoms with Crippen molar-refractivity contribution in [1.82, 2.24) is 0 Å². The van der Waals surface area contributed by atoms with Crippen molar-refractivity contribution < 1.29 is 23.0 Å². The van der Waals surface area contributed by atoms with Crippen LogP contribution >= 0.6 is 0 Å². The molecule has 1 unspecified atom stereocenters. The van der Waals surface area contributed by atoms with E-state index in [0.717, 1.165) is 0 Å². The fourth-order valence-electron chi connectivity index (χ4n) is 0.446. The second-order valence-corrected chi connectivity index (χ2v) is 2.95. The van der Waals surface area contributed by atoms with Gasteiger partial charge in [0.2, 0.25) is 0 Å². The molecule has 0 spiro atoms. The van der Waals surface area contributed by atoms with Gasteiger partial charge in [-0.2, -0.15) is 0 Å². The molecule has 0 heterocycles. The molecule has 0 N–H and O–H groups in total. The molecule has 74 valence electrons. The minimum Gasteiger partial charge on any atom is -0.772 e. The van der Waals surface area contributed by atoms with Gasteiger partial charge in [0.1, 0.15) is 6.79 Å². The molecule has 1 atom stereocenters. The van der Waals surface area contributed by atoms with Crippen LogP contribution in [0.5, 0.6) is 0 Å². The van der Waals surface area contributed by atoms with E-state index in [1.807, 2.05) is 0 Å². The van der Waals surface area contributed by atoms with Gasteiger partial charge in [0.05, 0.1) is 19.8 Å². The highest BCUT2D eigenvalue weighted by atomic mass is 32.2. The molecule has 0 fully saturated rings. The van der Waals surface area contributed by atoms with E-state index in [1.54, 1.807) is 7.11 Å². The molecule has 0 aromatic rings. The summed E-state index contributed by atoms with van der Waals surface area (Å²) in [6.45, 7) is 1.25. The average Bonchev–Trinajstić information content (AvgIpc) is 2.02. The van der Waals surface area contributed by atoms with Crippen molar-refractivity contribution in [2.75, 3.05) is 39.5 Å². The van der Waals surface area contributed by atoms with E-state index in [0.29, 0.717) is 13.2 Å². The van der Waals surface area contributed by atoms with E-state index in [2.05, 4.69) is 0 Å². The molecular formula is C6H13O5S-. The van der Waals surface area contributed by atoms with Crippen LogP contribution in [0.4, 0.5) is 0 Å².